The third-order valence-corrected chi connectivity index (χ3v) is 3.62. The Bertz CT molecular complexity index is 402. The second-order valence-corrected chi connectivity index (χ2v) is 4.92. The van der Waals surface area contributed by atoms with E-state index in [2.05, 4.69) is 9.88 Å². The number of halogens is 1. The Hall–Kier alpha value is -1.36. The second kappa shape index (κ2) is 6.00. The molecule has 1 aromatic rings. The Morgan fingerprint density at radius 3 is 2.67 bits per heavy atom. The van der Waals surface area contributed by atoms with E-state index in [-0.39, 0.29) is 5.69 Å². The quantitative estimate of drug-likeness (QED) is 0.479. The maximum atomic E-state index is 10.5. The molecule has 0 aliphatic carbocycles. The molecule has 2 rings (SSSR count). The Kier molecular flexibility index (Phi) is 4.36. The Balaban J connectivity index is 1.95. The van der Waals surface area contributed by atoms with Gasteiger partial charge in [-0.2, -0.15) is 0 Å². The number of hydrogen-bond donors (Lipinski definition) is 0. The summed E-state index contributed by atoms with van der Waals surface area (Å²) in [4.78, 5) is 16.4. The Labute approximate surface area is 111 Å². The van der Waals surface area contributed by atoms with Gasteiger partial charge in [0.2, 0.25) is 0 Å². The summed E-state index contributed by atoms with van der Waals surface area (Å²) < 4.78 is 0. The smallest absolute Gasteiger partial charge is 0.287 e. The van der Waals surface area contributed by atoms with E-state index in [9.17, 15) is 10.1 Å². The lowest BCUT2D eigenvalue weighted by Gasteiger charge is -2.32. The second-order valence-electron chi connectivity index (χ2n) is 4.54. The van der Waals surface area contributed by atoms with E-state index in [1.807, 2.05) is 0 Å². The summed E-state index contributed by atoms with van der Waals surface area (Å²) in [6, 6.07) is 3.23. The van der Waals surface area contributed by atoms with Crippen LogP contribution in [0.1, 0.15) is 19.3 Å². The van der Waals surface area contributed by atoms with Crippen molar-refractivity contribution in [1.29, 1.82) is 0 Å². The van der Waals surface area contributed by atoms with Gasteiger partial charge in [-0.15, -0.1) is 11.6 Å². The molecule has 5 nitrogen and oxygen atoms in total. The van der Waals surface area contributed by atoms with Crippen molar-refractivity contribution in [2.45, 2.75) is 19.3 Å². The average Bonchev–Trinajstić information content (AvgIpc) is 2.40. The SMILES string of the molecule is O=[N+]([O-])c1ccc(N2CCC(CCCl)CC2)nc1. The predicted octanol–water partition coefficient (Wildman–Crippen LogP) is 2.84. The summed E-state index contributed by atoms with van der Waals surface area (Å²) in [7, 11) is 0. The van der Waals surface area contributed by atoms with E-state index in [4.69, 9.17) is 11.6 Å². The highest BCUT2D eigenvalue weighted by molar-refractivity contribution is 6.17. The van der Waals surface area contributed by atoms with Gasteiger partial charge in [0.05, 0.1) is 4.92 Å². The van der Waals surface area contributed by atoms with Gasteiger partial charge in [0.1, 0.15) is 12.0 Å². The maximum absolute atomic E-state index is 10.5. The van der Waals surface area contributed by atoms with Crippen LogP contribution in [-0.4, -0.2) is 28.9 Å². The number of aromatic nitrogens is 1. The van der Waals surface area contributed by atoms with Crippen molar-refractivity contribution in [3.63, 3.8) is 0 Å². The van der Waals surface area contributed by atoms with Crippen LogP contribution >= 0.6 is 11.6 Å². The van der Waals surface area contributed by atoms with Gasteiger partial charge in [-0.3, -0.25) is 10.1 Å². The van der Waals surface area contributed by atoms with Gasteiger partial charge >= 0.3 is 0 Å². The molecule has 0 unspecified atom stereocenters. The van der Waals surface area contributed by atoms with Gasteiger partial charge in [0, 0.05) is 25.0 Å². The van der Waals surface area contributed by atoms with Crippen LogP contribution in [0.5, 0.6) is 0 Å². The molecule has 1 aliphatic rings. The first-order chi connectivity index (χ1) is 8.70. The summed E-state index contributed by atoms with van der Waals surface area (Å²) in [5.74, 6) is 2.25. The van der Waals surface area contributed by atoms with Gasteiger partial charge in [-0.1, -0.05) is 0 Å². The van der Waals surface area contributed by atoms with Crippen LogP contribution in [0.2, 0.25) is 0 Å². The molecule has 2 heterocycles. The summed E-state index contributed by atoms with van der Waals surface area (Å²) >= 11 is 5.75. The van der Waals surface area contributed by atoms with Crippen LogP contribution < -0.4 is 4.90 Å². The molecule has 0 amide bonds. The summed E-state index contributed by atoms with van der Waals surface area (Å²) in [5, 5.41) is 10.5. The fraction of sp³-hybridized carbons (Fsp3) is 0.583. The van der Waals surface area contributed by atoms with E-state index in [0.717, 1.165) is 44.0 Å². The number of anilines is 1. The first-order valence-electron chi connectivity index (χ1n) is 6.12. The van der Waals surface area contributed by atoms with Crippen molar-refractivity contribution in [2.24, 2.45) is 5.92 Å². The summed E-state index contributed by atoms with van der Waals surface area (Å²) in [6.07, 6.45) is 4.63. The molecule has 1 aromatic heterocycles. The lowest BCUT2D eigenvalue weighted by atomic mass is 9.94. The molecule has 1 aliphatic heterocycles. The first-order valence-corrected chi connectivity index (χ1v) is 6.65. The van der Waals surface area contributed by atoms with Crippen LogP contribution in [0.4, 0.5) is 11.5 Å². The van der Waals surface area contributed by atoms with E-state index >= 15 is 0 Å². The third kappa shape index (κ3) is 3.10. The van der Waals surface area contributed by atoms with Crippen LogP contribution in [0, 0.1) is 16.0 Å². The van der Waals surface area contributed by atoms with E-state index < -0.39 is 4.92 Å². The van der Waals surface area contributed by atoms with E-state index in [0.29, 0.717) is 5.92 Å². The molecular formula is C12H16ClN3O2. The van der Waals surface area contributed by atoms with Crippen LogP contribution in [0.15, 0.2) is 18.3 Å². The molecule has 0 saturated carbocycles. The zero-order chi connectivity index (χ0) is 13.0. The number of alkyl halides is 1. The van der Waals surface area contributed by atoms with E-state index in [1.54, 1.807) is 6.07 Å². The largest absolute Gasteiger partial charge is 0.357 e. The van der Waals surface area contributed by atoms with Crippen molar-refractivity contribution < 1.29 is 4.92 Å². The van der Waals surface area contributed by atoms with Crippen LogP contribution in [0.25, 0.3) is 0 Å². The van der Waals surface area contributed by atoms with Gasteiger partial charge < -0.3 is 4.90 Å². The van der Waals surface area contributed by atoms with Crippen LogP contribution in [-0.2, 0) is 0 Å². The molecule has 1 saturated heterocycles. The normalized spacial score (nSPS) is 16.8. The fourth-order valence-corrected chi connectivity index (χ4v) is 2.59. The maximum Gasteiger partial charge on any atom is 0.287 e. The van der Waals surface area contributed by atoms with Crippen LogP contribution in [0.3, 0.4) is 0 Å². The molecule has 0 spiro atoms. The van der Waals surface area contributed by atoms with Crippen molar-refractivity contribution in [3.8, 4) is 0 Å². The van der Waals surface area contributed by atoms with Gasteiger partial charge in [0.25, 0.3) is 5.69 Å². The zero-order valence-corrected chi connectivity index (χ0v) is 10.8. The lowest BCUT2D eigenvalue weighted by molar-refractivity contribution is -0.385. The molecule has 0 radical (unpaired) electrons. The molecular weight excluding hydrogens is 254 g/mol. The minimum absolute atomic E-state index is 0.0378. The van der Waals surface area contributed by atoms with Crippen molar-refractivity contribution in [2.75, 3.05) is 23.9 Å². The third-order valence-electron chi connectivity index (χ3n) is 3.40. The predicted molar refractivity (Wildman–Crippen MR) is 71.2 cm³/mol. The lowest BCUT2D eigenvalue weighted by Crippen LogP contribution is -2.34. The number of hydrogen-bond acceptors (Lipinski definition) is 4. The molecule has 18 heavy (non-hydrogen) atoms. The summed E-state index contributed by atoms with van der Waals surface area (Å²) in [6.45, 7) is 1.90. The topological polar surface area (TPSA) is 59.3 Å². The molecule has 0 N–H and O–H groups in total. The van der Waals surface area contributed by atoms with Crippen molar-refractivity contribution in [1.82, 2.24) is 4.98 Å². The van der Waals surface area contributed by atoms with Gasteiger partial charge in [-0.25, -0.2) is 4.98 Å². The number of pyridine rings is 1. The highest BCUT2D eigenvalue weighted by Gasteiger charge is 2.20. The fourth-order valence-electron chi connectivity index (χ4n) is 2.28. The van der Waals surface area contributed by atoms with Crippen molar-refractivity contribution in [3.05, 3.63) is 28.4 Å². The molecule has 98 valence electrons. The zero-order valence-electron chi connectivity index (χ0n) is 10.1. The summed E-state index contributed by atoms with van der Waals surface area (Å²) in [5.41, 5.74) is 0.0378. The highest BCUT2D eigenvalue weighted by Crippen LogP contribution is 2.25. The first kappa shape index (κ1) is 13.1. The number of rotatable bonds is 4. The van der Waals surface area contributed by atoms with Gasteiger partial charge in [-0.05, 0) is 31.2 Å². The molecule has 1 fully saturated rings. The van der Waals surface area contributed by atoms with E-state index in [1.165, 1.54) is 12.3 Å². The molecule has 0 atom stereocenters. The Morgan fingerprint density at radius 1 is 1.44 bits per heavy atom. The number of nitro groups is 1. The minimum atomic E-state index is -0.427. The monoisotopic (exact) mass is 269 g/mol. The molecule has 6 heteroatoms. The Morgan fingerprint density at radius 2 is 2.17 bits per heavy atom. The van der Waals surface area contributed by atoms with Crippen molar-refractivity contribution >= 4 is 23.1 Å². The average molecular weight is 270 g/mol. The minimum Gasteiger partial charge on any atom is -0.357 e. The molecule has 0 bridgehead atoms. The number of piperidine rings is 1. The molecule has 0 aromatic carbocycles. The van der Waals surface area contributed by atoms with Gasteiger partial charge in [0.15, 0.2) is 0 Å². The highest BCUT2D eigenvalue weighted by atomic mass is 35.5. The number of nitrogens with zero attached hydrogens (tertiary/aromatic N) is 3. The standard InChI is InChI=1S/C12H16ClN3O2/c13-6-3-10-4-7-15(8-5-10)12-2-1-11(9-14-12)16(17)18/h1-2,9-10H,3-8H2.